The molecule has 2 heterocycles. The van der Waals surface area contributed by atoms with Crippen molar-refractivity contribution in [2.75, 3.05) is 13.1 Å². The van der Waals surface area contributed by atoms with Crippen molar-refractivity contribution in [2.24, 2.45) is 0 Å². The van der Waals surface area contributed by atoms with E-state index < -0.39 is 0 Å². The van der Waals surface area contributed by atoms with Crippen LogP contribution in [0.1, 0.15) is 56.7 Å². The maximum atomic E-state index is 3.95. The molecular formula is C18H28N2. The van der Waals surface area contributed by atoms with Crippen LogP contribution < -0.4 is 5.32 Å². The third-order valence-electron chi connectivity index (χ3n) is 5.22. The summed E-state index contributed by atoms with van der Waals surface area (Å²) < 4.78 is 0. The summed E-state index contributed by atoms with van der Waals surface area (Å²) in [4.78, 5) is 2.69. The van der Waals surface area contributed by atoms with E-state index in [2.05, 4.69) is 48.3 Å². The topological polar surface area (TPSA) is 15.3 Å². The van der Waals surface area contributed by atoms with Crippen molar-refractivity contribution in [1.29, 1.82) is 0 Å². The van der Waals surface area contributed by atoms with Gasteiger partial charge in [-0.2, -0.15) is 0 Å². The van der Waals surface area contributed by atoms with Crippen LogP contribution >= 0.6 is 0 Å². The van der Waals surface area contributed by atoms with Crippen molar-refractivity contribution >= 4 is 0 Å². The van der Waals surface area contributed by atoms with E-state index in [1.807, 2.05) is 0 Å². The molecule has 1 aromatic rings. The van der Waals surface area contributed by atoms with E-state index in [1.165, 1.54) is 49.9 Å². The van der Waals surface area contributed by atoms with E-state index in [0.717, 1.165) is 12.5 Å². The molecule has 3 unspecified atom stereocenters. The Labute approximate surface area is 123 Å². The first-order valence-corrected chi connectivity index (χ1v) is 8.40. The average molecular weight is 272 g/mol. The fraction of sp³-hybridized carbons (Fsp3) is 0.667. The lowest BCUT2D eigenvalue weighted by atomic mass is 9.99. The van der Waals surface area contributed by atoms with Gasteiger partial charge in [-0.15, -0.1) is 0 Å². The molecule has 0 spiro atoms. The summed E-state index contributed by atoms with van der Waals surface area (Å²) in [7, 11) is 0. The maximum Gasteiger partial charge on any atom is 0.0320 e. The number of benzene rings is 1. The minimum atomic E-state index is 0.520. The van der Waals surface area contributed by atoms with Crippen molar-refractivity contribution in [2.45, 2.75) is 64.1 Å². The van der Waals surface area contributed by atoms with Gasteiger partial charge in [-0.25, -0.2) is 0 Å². The Morgan fingerprint density at radius 3 is 2.65 bits per heavy atom. The predicted molar refractivity (Wildman–Crippen MR) is 85.0 cm³/mol. The summed E-state index contributed by atoms with van der Waals surface area (Å²) in [6.45, 7) is 7.14. The summed E-state index contributed by atoms with van der Waals surface area (Å²) >= 11 is 0. The van der Waals surface area contributed by atoms with E-state index in [-0.39, 0.29) is 0 Å². The third kappa shape index (κ3) is 2.77. The van der Waals surface area contributed by atoms with E-state index in [0.29, 0.717) is 12.1 Å². The van der Waals surface area contributed by atoms with E-state index >= 15 is 0 Å². The second kappa shape index (κ2) is 6.28. The fourth-order valence-electron chi connectivity index (χ4n) is 3.97. The molecule has 0 aliphatic carbocycles. The molecule has 110 valence electrons. The van der Waals surface area contributed by atoms with Gasteiger partial charge in [0.1, 0.15) is 0 Å². The van der Waals surface area contributed by atoms with Crippen LogP contribution in [0, 0.1) is 0 Å². The van der Waals surface area contributed by atoms with Crippen molar-refractivity contribution < 1.29 is 0 Å². The zero-order valence-electron chi connectivity index (χ0n) is 12.9. The summed E-state index contributed by atoms with van der Waals surface area (Å²) in [6.07, 6.45) is 6.42. The van der Waals surface area contributed by atoms with Gasteiger partial charge in [0, 0.05) is 24.7 Å². The highest BCUT2D eigenvalue weighted by Crippen LogP contribution is 2.30. The second-order valence-electron chi connectivity index (χ2n) is 6.36. The highest BCUT2D eigenvalue weighted by Gasteiger charge is 2.37. The zero-order valence-corrected chi connectivity index (χ0v) is 12.9. The Morgan fingerprint density at radius 2 is 1.95 bits per heavy atom. The van der Waals surface area contributed by atoms with Gasteiger partial charge in [0.15, 0.2) is 0 Å². The van der Waals surface area contributed by atoms with E-state index in [1.54, 1.807) is 0 Å². The highest BCUT2D eigenvalue weighted by atomic mass is 15.2. The Kier molecular flexibility index (Phi) is 4.42. The molecule has 0 radical (unpaired) electrons. The molecule has 2 aliphatic rings. The van der Waals surface area contributed by atoms with E-state index in [4.69, 9.17) is 0 Å². The minimum absolute atomic E-state index is 0.520. The first-order valence-electron chi connectivity index (χ1n) is 8.40. The smallest absolute Gasteiger partial charge is 0.0320 e. The largest absolute Gasteiger partial charge is 0.306 e. The van der Waals surface area contributed by atoms with Crippen LogP contribution in [0.3, 0.4) is 0 Å². The number of aryl methyl sites for hydroxylation is 1. The molecular weight excluding hydrogens is 244 g/mol. The molecule has 2 nitrogen and oxygen atoms in total. The molecule has 2 fully saturated rings. The van der Waals surface area contributed by atoms with Crippen LogP contribution in [0.25, 0.3) is 0 Å². The predicted octanol–water partition coefficient (Wildman–Crippen LogP) is 3.53. The molecule has 2 aliphatic heterocycles. The average Bonchev–Trinajstić information content (AvgIpc) is 3.09. The molecule has 0 amide bonds. The molecule has 1 N–H and O–H groups in total. The first kappa shape index (κ1) is 14.1. The number of fused-ring (bicyclic) bond motifs is 1. The molecule has 2 heteroatoms. The van der Waals surface area contributed by atoms with Gasteiger partial charge in [-0.05, 0) is 49.8 Å². The monoisotopic (exact) mass is 272 g/mol. The molecule has 20 heavy (non-hydrogen) atoms. The Morgan fingerprint density at radius 1 is 1.15 bits per heavy atom. The summed E-state index contributed by atoms with van der Waals surface area (Å²) in [6, 6.07) is 11.2. The van der Waals surface area contributed by atoms with Crippen molar-refractivity contribution in [1.82, 2.24) is 10.2 Å². The molecule has 1 aromatic carbocycles. The van der Waals surface area contributed by atoms with E-state index in [9.17, 15) is 0 Å². The van der Waals surface area contributed by atoms with Gasteiger partial charge in [0.05, 0.1) is 0 Å². The van der Waals surface area contributed by atoms with Gasteiger partial charge in [-0.3, -0.25) is 4.90 Å². The molecule has 3 atom stereocenters. The fourth-order valence-corrected chi connectivity index (χ4v) is 3.97. The lowest BCUT2D eigenvalue weighted by molar-refractivity contribution is 0.287. The SMILES string of the molecule is CCc1ccc(C(CC)NC2CCN3CCCC23)cc1. The molecule has 0 bridgehead atoms. The van der Waals surface area contributed by atoms with Crippen LogP contribution in [0.4, 0.5) is 0 Å². The van der Waals surface area contributed by atoms with Crippen molar-refractivity contribution in [3.63, 3.8) is 0 Å². The first-order chi connectivity index (χ1) is 9.81. The summed E-state index contributed by atoms with van der Waals surface area (Å²) in [5.41, 5.74) is 2.90. The molecule has 0 saturated carbocycles. The lowest BCUT2D eigenvalue weighted by Gasteiger charge is -2.27. The number of hydrogen-bond donors (Lipinski definition) is 1. The number of nitrogens with one attached hydrogen (secondary N) is 1. The Bertz CT molecular complexity index is 426. The number of nitrogens with zero attached hydrogens (tertiary/aromatic N) is 1. The van der Waals surface area contributed by atoms with Crippen molar-refractivity contribution in [3.8, 4) is 0 Å². The Hall–Kier alpha value is -0.860. The van der Waals surface area contributed by atoms with Crippen LogP contribution in [-0.2, 0) is 6.42 Å². The normalized spacial score (nSPS) is 27.7. The standard InChI is InChI=1S/C18H28N2/c1-3-14-7-9-15(10-8-14)16(4-2)19-17-11-13-20-12-5-6-18(17)20/h7-10,16-19H,3-6,11-13H2,1-2H3. The molecule has 2 saturated heterocycles. The maximum absolute atomic E-state index is 3.95. The summed E-state index contributed by atoms with van der Waals surface area (Å²) in [5.74, 6) is 0. The number of hydrogen-bond acceptors (Lipinski definition) is 2. The van der Waals surface area contributed by atoms with Crippen LogP contribution in [0.2, 0.25) is 0 Å². The quantitative estimate of drug-likeness (QED) is 0.882. The lowest BCUT2D eigenvalue weighted by Crippen LogP contribution is -2.40. The van der Waals surface area contributed by atoms with Gasteiger partial charge >= 0.3 is 0 Å². The Balaban J connectivity index is 1.67. The third-order valence-corrected chi connectivity index (χ3v) is 5.22. The van der Waals surface area contributed by atoms with Crippen LogP contribution in [0.5, 0.6) is 0 Å². The molecule has 0 aromatic heterocycles. The van der Waals surface area contributed by atoms with Gasteiger partial charge in [0.25, 0.3) is 0 Å². The van der Waals surface area contributed by atoms with Gasteiger partial charge in [-0.1, -0.05) is 38.1 Å². The van der Waals surface area contributed by atoms with Crippen LogP contribution in [0.15, 0.2) is 24.3 Å². The van der Waals surface area contributed by atoms with Crippen molar-refractivity contribution in [3.05, 3.63) is 35.4 Å². The zero-order chi connectivity index (χ0) is 13.9. The highest BCUT2D eigenvalue weighted by molar-refractivity contribution is 5.25. The number of rotatable bonds is 5. The minimum Gasteiger partial charge on any atom is -0.306 e. The van der Waals surface area contributed by atoms with Gasteiger partial charge in [0.2, 0.25) is 0 Å². The second-order valence-corrected chi connectivity index (χ2v) is 6.36. The van der Waals surface area contributed by atoms with Gasteiger partial charge < -0.3 is 5.32 Å². The van der Waals surface area contributed by atoms with Crippen LogP contribution in [-0.4, -0.2) is 30.1 Å². The summed E-state index contributed by atoms with van der Waals surface area (Å²) in [5, 5.41) is 3.95. The molecule has 3 rings (SSSR count).